The largest absolute Gasteiger partial charge is 0.438 e. The van der Waals surface area contributed by atoms with Gasteiger partial charge in [0.25, 0.3) is 11.4 Å². The van der Waals surface area contributed by atoms with E-state index in [1.165, 1.54) is 0 Å². The normalized spacial score (nSPS) is 19.6. The number of hydrogen-bond donors (Lipinski definition) is 3. The average Bonchev–Trinajstić information content (AvgIpc) is 2.32. The third kappa shape index (κ3) is 3.54. The van der Waals surface area contributed by atoms with Crippen molar-refractivity contribution in [2.75, 3.05) is 0 Å². The number of esters is 1. The van der Waals surface area contributed by atoms with Crippen molar-refractivity contribution in [2.45, 2.75) is 50.0 Å². The van der Waals surface area contributed by atoms with Crippen LogP contribution in [0.15, 0.2) is 0 Å². The van der Waals surface area contributed by atoms with E-state index in [1.54, 1.807) is 0 Å². The summed E-state index contributed by atoms with van der Waals surface area (Å²) in [7, 11) is 0. The van der Waals surface area contributed by atoms with Gasteiger partial charge in [0.1, 0.15) is 6.10 Å². The third-order valence-corrected chi connectivity index (χ3v) is 3.80. The predicted octanol–water partition coefficient (Wildman–Crippen LogP) is -1.14. The van der Waals surface area contributed by atoms with Crippen LogP contribution in [0, 0.1) is 0 Å². The summed E-state index contributed by atoms with van der Waals surface area (Å²) < 4.78 is 1.74. The Morgan fingerprint density at radius 2 is 1.52 bits per heavy atom. The molecule has 0 aromatic heterocycles. The lowest BCUT2D eigenvalue weighted by Crippen LogP contribution is -2.70. The Bertz CT molecular complexity index is 470. The van der Waals surface area contributed by atoms with Crippen LogP contribution in [0.2, 0.25) is 0 Å². The van der Waals surface area contributed by atoms with Gasteiger partial charge in [-0.1, -0.05) is 0 Å². The van der Waals surface area contributed by atoms with Crippen molar-refractivity contribution in [1.29, 1.82) is 0 Å². The van der Waals surface area contributed by atoms with E-state index < -0.39 is 45.6 Å². The van der Waals surface area contributed by atoms with Gasteiger partial charge in [0.2, 0.25) is 4.51 Å². The number of aliphatic hydroxyl groups is 3. The van der Waals surface area contributed by atoms with Crippen LogP contribution in [-0.4, -0.2) is 61.0 Å². The van der Waals surface area contributed by atoms with Crippen molar-refractivity contribution in [3.63, 3.8) is 0 Å². The summed E-state index contributed by atoms with van der Waals surface area (Å²) in [6.07, 6.45) is -3.72. The molecule has 0 aliphatic carbocycles. The Morgan fingerprint density at radius 1 is 1.10 bits per heavy atom. The van der Waals surface area contributed by atoms with Crippen molar-refractivity contribution < 1.29 is 39.2 Å². The maximum absolute atomic E-state index is 12.1. The van der Waals surface area contributed by atoms with Crippen LogP contribution in [0.25, 0.3) is 0 Å². The van der Waals surface area contributed by atoms with Crippen molar-refractivity contribution in [3.05, 3.63) is 0 Å². The number of ketones is 3. The molecule has 4 atom stereocenters. The number of halogens is 1. The molecule has 8 nitrogen and oxygen atoms in total. The first-order valence-corrected chi connectivity index (χ1v) is 6.65. The minimum absolute atomic E-state index is 0.796. The van der Waals surface area contributed by atoms with Crippen LogP contribution < -0.4 is 0 Å². The summed E-state index contributed by atoms with van der Waals surface area (Å²) in [5.41, 5.74) is -3.01. The van der Waals surface area contributed by atoms with Crippen molar-refractivity contribution in [2.24, 2.45) is 0 Å². The molecular formula is C12H17BrO8. The summed E-state index contributed by atoms with van der Waals surface area (Å²) in [4.78, 5) is 46.5. The second-order valence-corrected chi connectivity index (χ2v) is 5.78. The summed E-state index contributed by atoms with van der Waals surface area (Å²) >= 11 is 2.54. The number of alkyl halides is 1. The molecule has 0 aromatic carbocycles. The summed E-state index contributed by atoms with van der Waals surface area (Å²) in [6, 6.07) is 0. The van der Waals surface area contributed by atoms with Gasteiger partial charge in [-0.2, -0.15) is 0 Å². The molecule has 0 bridgehead atoms. The fourth-order valence-corrected chi connectivity index (χ4v) is 2.67. The summed E-state index contributed by atoms with van der Waals surface area (Å²) in [5, 5.41) is 29.5. The molecule has 21 heavy (non-hydrogen) atoms. The van der Waals surface area contributed by atoms with Crippen LogP contribution in [0.1, 0.15) is 27.7 Å². The molecule has 0 aromatic rings. The standard InChI is InChI=1S/C12H17BrO8/c1-5(14)9(18)11(7(3)16,21-8(4)17)12(13,20)10(19)6(2)15/h6,10,15,19-20H,1-4H3/t6-,10-,11-,12+/m0/s1. The molecule has 3 N–H and O–H groups in total. The number of ether oxygens (including phenoxy) is 1. The van der Waals surface area contributed by atoms with E-state index in [4.69, 9.17) is 0 Å². The molecule has 0 spiro atoms. The van der Waals surface area contributed by atoms with E-state index in [9.17, 15) is 34.5 Å². The molecule has 0 aliphatic heterocycles. The zero-order valence-electron chi connectivity index (χ0n) is 11.9. The van der Waals surface area contributed by atoms with Crippen LogP contribution in [0.3, 0.4) is 0 Å². The quantitative estimate of drug-likeness (QED) is 0.222. The molecule has 0 fully saturated rings. The molecule has 0 amide bonds. The minimum Gasteiger partial charge on any atom is -0.438 e. The number of aliphatic hydroxyl groups excluding tert-OH is 2. The first-order chi connectivity index (χ1) is 9.32. The lowest BCUT2D eigenvalue weighted by atomic mass is 9.81. The fourth-order valence-electron chi connectivity index (χ4n) is 1.75. The van der Waals surface area contributed by atoms with Gasteiger partial charge in [-0.15, -0.1) is 0 Å². The van der Waals surface area contributed by atoms with E-state index in [0.717, 1.165) is 27.7 Å². The van der Waals surface area contributed by atoms with Crippen molar-refractivity contribution in [3.8, 4) is 0 Å². The van der Waals surface area contributed by atoms with Crippen molar-refractivity contribution >= 4 is 39.2 Å². The number of hydrogen-bond acceptors (Lipinski definition) is 8. The highest BCUT2D eigenvalue weighted by molar-refractivity contribution is 9.10. The second kappa shape index (κ2) is 6.73. The van der Waals surface area contributed by atoms with E-state index >= 15 is 0 Å². The zero-order chi connectivity index (χ0) is 17.2. The molecule has 0 heterocycles. The van der Waals surface area contributed by atoms with Crippen LogP contribution in [-0.2, 0) is 23.9 Å². The minimum atomic E-state index is -3.01. The molecule has 0 aliphatic rings. The predicted molar refractivity (Wildman–Crippen MR) is 72.4 cm³/mol. The third-order valence-electron chi connectivity index (χ3n) is 2.77. The molecule has 0 unspecified atom stereocenters. The van der Waals surface area contributed by atoms with Gasteiger partial charge in [-0.25, -0.2) is 0 Å². The SMILES string of the molecule is CC(=O)O[C@@](C(C)=O)(C(=O)C(C)=O)[C@@](O)(Br)[C@@H](O)[C@H](C)O. The zero-order valence-corrected chi connectivity index (χ0v) is 13.5. The number of carbonyl (C=O) groups is 4. The lowest BCUT2D eigenvalue weighted by Gasteiger charge is -2.42. The molecule has 0 saturated carbocycles. The Labute approximate surface area is 129 Å². The highest BCUT2D eigenvalue weighted by Crippen LogP contribution is 2.39. The van der Waals surface area contributed by atoms with Crippen molar-refractivity contribution in [1.82, 2.24) is 0 Å². The lowest BCUT2D eigenvalue weighted by molar-refractivity contribution is -0.201. The highest BCUT2D eigenvalue weighted by atomic mass is 79.9. The van der Waals surface area contributed by atoms with E-state index in [-0.39, 0.29) is 0 Å². The van der Waals surface area contributed by atoms with E-state index in [2.05, 4.69) is 20.7 Å². The molecule has 9 heteroatoms. The van der Waals surface area contributed by atoms with Gasteiger partial charge >= 0.3 is 5.97 Å². The monoisotopic (exact) mass is 368 g/mol. The second-order valence-electron chi connectivity index (χ2n) is 4.58. The van der Waals surface area contributed by atoms with E-state index in [1.807, 2.05) is 0 Å². The van der Waals surface area contributed by atoms with Crippen LogP contribution in [0.4, 0.5) is 0 Å². The van der Waals surface area contributed by atoms with Gasteiger partial charge in [0.05, 0.1) is 6.10 Å². The van der Waals surface area contributed by atoms with Gasteiger partial charge < -0.3 is 20.1 Å². The van der Waals surface area contributed by atoms with Gasteiger partial charge in [-0.3, -0.25) is 19.2 Å². The first kappa shape index (κ1) is 19.8. The molecule has 0 radical (unpaired) electrons. The summed E-state index contributed by atoms with van der Waals surface area (Å²) in [6.45, 7) is 3.52. The maximum atomic E-state index is 12.1. The Hall–Kier alpha value is -1.16. The highest BCUT2D eigenvalue weighted by Gasteiger charge is 2.66. The molecular weight excluding hydrogens is 352 g/mol. The van der Waals surface area contributed by atoms with Crippen LogP contribution in [0.5, 0.6) is 0 Å². The summed E-state index contributed by atoms with van der Waals surface area (Å²) in [5.74, 6) is -5.06. The average molecular weight is 369 g/mol. The Morgan fingerprint density at radius 3 is 1.76 bits per heavy atom. The number of Topliss-reactive ketones (excluding diaryl/α,β-unsaturated/α-hetero) is 3. The molecule has 120 valence electrons. The van der Waals surface area contributed by atoms with Gasteiger partial charge in [-0.05, 0) is 29.8 Å². The number of carbonyl (C=O) groups excluding carboxylic acids is 4. The van der Waals surface area contributed by atoms with Gasteiger partial charge in [0.15, 0.2) is 11.6 Å². The Kier molecular flexibility index (Phi) is 6.36. The molecule has 0 rings (SSSR count). The Balaban J connectivity index is 6.37. The van der Waals surface area contributed by atoms with E-state index in [0.29, 0.717) is 0 Å². The van der Waals surface area contributed by atoms with Crippen LogP contribution >= 0.6 is 15.9 Å². The fraction of sp³-hybridized carbons (Fsp3) is 0.667. The van der Waals surface area contributed by atoms with Gasteiger partial charge in [0, 0.05) is 13.8 Å². The topological polar surface area (TPSA) is 138 Å². The number of rotatable bonds is 7. The first-order valence-electron chi connectivity index (χ1n) is 5.85. The molecule has 0 saturated heterocycles. The maximum Gasteiger partial charge on any atom is 0.304 e. The smallest absolute Gasteiger partial charge is 0.304 e.